The van der Waals surface area contributed by atoms with Crippen LogP contribution in [0.4, 0.5) is 15.8 Å². The second-order valence-corrected chi connectivity index (χ2v) is 10.0. The lowest BCUT2D eigenvalue weighted by atomic mass is 9.99. The molecule has 5 N–H and O–H groups in total. The minimum atomic E-state index is -1.02. The third-order valence-corrected chi connectivity index (χ3v) is 7.02. The highest BCUT2D eigenvalue weighted by atomic mass is 35.5. The van der Waals surface area contributed by atoms with Gasteiger partial charge in [0.15, 0.2) is 0 Å². The zero-order valence-corrected chi connectivity index (χ0v) is 23.9. The zero-order valence-electron chi connectivity index (χ0n) is 23.2. The molecule has 0 aliphatic carbocycles. The number of halogens is 2. The predicted molar refractivity (Wildman–Crippen MR) is 163 cm³/mol. The molecule has 1 aliphatic rings. The standard InChI is InChI=1S/C31H31ClFN7O2/c1-4-26(20-8-6-5-7-9-20)37-29(19(2)16-34)24-14-23(15-25(32)31(24)35-3)36-30(21-10-12-22(33)13-11-21)27-17-40(39-38-27)18-28(41)42/h5-15,17,26,30,36-39H,3-4,18H2,1-2H3,(H,41,42)/b29-19-/t26-,30+/m1/s1. The number of rotatable bonds is 12. The fourth-order valence-corrected chi connectivity index (χ4v) is 4.95. The van der Waals surface area contributed by atoms with Gasteiger partial charge in [0.2, 0.25) is 0 Å². The Morgan fingerprint density at radius 2 is 1.90 bits per heavy atom. The molecule has 0 saturated carbocycles. The topological polar surface area (TPSA) is 125 Å². The van der Waals surface area contributed by atoms with Crippen LogP contribution in [-0.2, 0) is 4.79 Å². The number of carbonyl (C=O) groups is 1. The second kappa shape index (κ2) is 13.7. The van der Waals surface area contributed by atoms with Gasteiger partial charge in [0.1, 0.15) is 12.4 Å². The lowest BCUT2D eigenvalue weighted by molar-refractivity contribution is -0.138. The van der Waals surface area contributed by atoms with Crippen molar-refractivity contribution in [3.05, 3.63) is 112 Å². The van der Waals surface area contributed by atoms with Gasteiger partial charge in [-0.3, -0.25) is 14.8 Å². The maximum atomic E-state index is 13.8. The summed E-state index contributed by atoms with van der Waals surface area (Å²) < 4.78 is 13.8. The summed E-state index contributed by atoms with van der Waals surface area (Å²) in [4.78, 5) is 15.4. The van der Waals surface area contributed by atoms with E-state index >= 15 is 0 Å². The van der Waals surface area contributed by atoms with Crippen LogP contribution < -0.4 is 21.6 Å². The number of hydrazine groups is 2. The molecule has 2 atom stereocenters. The van der Waals surface area contributed by atoms with E-state index in [9.17, 15) is 19.6 Å². The number of nitrogens with zero attached hydrogens (tertiary/aromatic N) is 3. The molecule has 0 fully saturated rings. The van der Waals surface area contributed by atoms with Crippen molar-refractivity contribution in [3.63, 3.8) is 0 Å². The van der Waals surface area contributed by atoms with Crippen LogP contribution in [0.15, 0.2) is 89.2 Å². The number of nitriles is 1. The van der Waals surface area contributed by atoms with Crippen LogP contribution in [-0.4, -0.2) is 29.3 Å². The third kappa shape index (κ3) is 7.07. The van der Waals surface area contributed by atoms with E-state index in [0.717, 1.165) is 12.0 Å². The highest BCUT2D eigenvalue weighted by Crippen LogP contribution is 2.39. The Kier molecular flexibility index (Phi) is 9.81. The van der Waals surface area contributed by atoms with Gasteiger partial charge in [-0.05, 0) is 55.5 Å². The van der Waals surface area contributed by atoms with Crippen molar-refractivity contribution in [1.82, 2.24) is 21.3 Å². The van der Waals surface area contributed by atoms with Gasteiger partial charge in [-0.2, -0.15) is 5.26 Å². The Hall–Kier alpha value is -4.85. The van der Waals surface area contributed by atoms with Gasteiger partial charge in [-0.1, -0.05) is 61.0 Å². The lowest BCUT2D eigenvalue weighted by Crippen LogP contribution is -2.40. The predicted octanol–water partition coefficient (Wildman–Crippen LogP) is 6.21. The van der Waals surface area contributed by atoms with E-state index in [2.05, 4.69) is 46.3 Å². The number of anilines is 1. The van der Waals surface area contributed by atoms with E-state index in [1.54, 1.807) is 31.3 Å². The van der Waals surface area contributed by atoms with Gasteiger partial charge in [-0.25, -0.2) is 4.39 Å². The lowest BCUT2D eigenvalue weighted by Gasteiger charge is -2.25. The van der Waals surface area contributed by atoms with Crippen molar-refractivity contribution >= 4 is 41.4 Å². The van der Waals surface area contributed by atoms with E-state index < -0.39 is 12.0 Å². The van der Waals surface area contributed by atoms with Crippen molar-refractivity contribution in [2.75, 3.05) is 11.9 Å². The first-order valence-electron chi connectivity index (χ1n) is 13.2. The Morgan fingerprint density at radius 3 is 2.52 bits per heavy atom. The molecule has 11 heteroatoms. The van der Waals surface area contributed by atoms with Crippen LogP contribution in [0.1, 0.15) is 49.0 Å². The first kappa shape index (κ1) is 30.1. The molecule has 3 aromatic rings. The van der Waals surface area contributed by atoms with Gasteiger partial charge in [0.25, 0.3) is 0 Å². The maximum absolute atomic E-state index is 13.8. The van der Waals surface area contributed by atoms with Crippen LogP contribution in [0, 0.1) is 17.1 Å². The SMILES string of the molecule is C=Nc1c(Cl)cc(N[C@H](C2=CN(CC(=O)O)NN2)c2ccc(F)cc2)cc1/C(N[C@H](CC)c1ccccc1)=C(\C)C#N. The summed E-state index contributed by atoms with van der Waals surface area (Å²) in [6, 6.07) is 21.0. The summed E-state index contributed by atoms with van der Waals surface area (Å²) in [5.41, 5.74) is 10.7. The molecule has 9 nitrogen and oxygen atoms in total. The van der Waals surface area contributed by atoms with Crippen LogP contribution in [0.2, 0.25) is 5.02 Å². The van der Waals surface area contributed by atoms with Crippen molar-refractivity contribution in [3.8, 4) is 6.07 Å². The number of allylic oxidation sites excluding steroid dienone is 1. The molecule has 0 aromatic heterocycles. The normalized spacial score (nSPS) is 14.5. The van der Waals surface area contributed by atoms with Crippen LogP contribution in [0.5, 0.6) is 0 Å². The second-order valence-electron chi connectivity index (χ2n) is 9.61. The summed E-state index contributed by atoms with van der Waals surface area (Å²) >= 11 is 6.73. The molecule has 1 aliphatic heterocycles. The number of carboxylic acid groups (broad SMARTS) is 1. The fourth-order valence-electron chi connectivity index (χ4n) is 4.67. The van der Waals surface area contributed by atoms with E-state index in [4.69, 9.17) is 11.6 Å². The summed E-state index contributed by atoms with van der Waals surface area (Å²) in [5.74, 6) is -1.41. The average Bonchev–Trinajstić information content (AvgIpc) is 3.44. The average molecular weight is 588 g/mol. The molecule has 1 heterocycles. The van der Waals surface area contributed by atoms with E-state index in [-0.39, 0.29) is 18.4 Å². The van der Waals surface area contributed by atoms with Crippen molar-refractivity contribution < 1.29 is 14.3 Å². The van der Waals surface area contributed by atoms with Gasteiger partial charge < -0.3 is 21.2 Å². The molecule has 0 unspecified atom stereocenters. The molecule has 0 radical (unpaired) electrons. The summed E-state index contributed by atoms with van der Waals surface area (Å²) in [5, 5.41) is 27.8. The van der Waals surface area contributed by atoms with Gasteiger partial charge in [0.05, 0.1) is 45.8 Å². The van der Waals surface area contributed by atoms with Crippen LogP contribution in [0.25, 0.3) is 5.70 Å². The van der Waals surface area contributed by atoms with Crippen molar-refractivity contribution in [1.29, 1.82) is 5.26 Å². The Balaban J connectivity index is 1.78. The summed E-state index contributed by atoms with van der Waals surface area (Å²) in [7, 11) is 0. The Bertz CT molecular complexity index is 1550. The number of hydrogen-bond donors (Lipinski definition) is 5. The molecular formula is C31H31ClFN7O2. The van der Waals surface area contributed by atoms with E-state index in [1.807, 2.05) is 36.4 Å². The minimum Gasteiger partial charge on any atom is -0.480 e. The smallest absolute Gasteiger partial charge is 0.324 e. The van der Waals surface area contributed by atoms with E-state index in [1.165, 1.54) is 17.1 Å². The van der Waals surface area contributed by atoms with Crippen molar-refractivity contribution in [2.24, 2.45) is 4.99 Å². The van der Waals surface area contributed by atoms with Crippen LogP contribution in [0.3, 0.4) is 0 Å². The fraction of sp³-hybridized carbons (Fsp3) is 0.194. The largest absolute Gasteiger partial charge is 0.480 e. The first-order valence-corrected chi connectivity index (χ1v) is 13.6. The molecular weight excluding hydrogens is 557 g/mol. The van der Waals surface area contributed by atoms with Gasteiger partial charge >= 0.3 is 5.97 Å². The summed E-state index contributed by atoms with van der Waals surface area (Å²) in [6.45, 7) is 7.21. The Morgan fingerprint density at radius 1 is 1.19 bits per heavy atom. The van der Waals surface area contributed by atoms with Crippen LogP contribution >= 0.6 is 11.6 Å². The molecule has 0 bridgehead atoms. The molecule has 42 heavy (non-hydrogen) atoms. The molecule has 0 saturated heterocycles. The Labute approximate surface area is 249 Å². The molecule has 4 rings (SSSR count). The first-order chi connectivity index (χ1) is 20.2. The maximum Gasteiger partial charge on any atom is 0.324 e. The number of nitrogens with one attached hydrogen (secondary N) is 4. The number of aliphatic imine (C=N–C) groups is 1. The number of aliphatic carboxylic acids is 1. The molecule has 0 amide bonds. The zero-order chi connectivity index (χ0) is 30.2. The number of carboxylic acids is 1. The number of hydrogen-bond acceptors (Lipinski definition) is 8. The van der Waals surface area contributed by atoms with Gasteiger partial charge in [0, 0.05) is 17.5 Å². The quantitative estimate of drug-likeness (QED) is 0.125. The van der Waals surface area contributed by atoms with E-state index in [0.29, 0.717) is 44.5 Å². The highest BCUT2D eigenvalue weighted by Gasteiger charge is 2.25. The number of benzene rings is 3. The third-order valence-electron chi connectivity index (χ3n) is 6.73. The highest BCUT2D eigenvalue weighted by molar-refractivity contribution is 6.33. The monoisotopic (exact) mass is 587 g/mol. The summed E-state index contributed by atoms with van der Waals surface area (Å²) in [6.07, 6.45) is 2.37. The van der Waals surface area contributed by atoms with Gasteiger partial charge in [-0.15, -0.1) is 5.53 Å². The molecule has 3 aromatic carbocycles. The molecule has 0 spiro atoms. The van der Waals surface area contributed by atoms with Crippen molar-refractivity contribution in [2.45, 2.75) is 32.4 Å². The molecule has 216 valence electrons. The minimum absolute atomic E-state index is 0.0938.